The van der Waals surface area contributed by atoms with Crippen LogP contribution in [0.15, 0.2) is 0 Å². The Morgan fingerprint density at radius 3 is 2.56 bits per heavy atom. The van der Waals surface area contributed by atoms with E-state index in [1.165, 1.54) is 0 Å². The predicted molar refractivity (Wildman–Crippen MR) is 33.0 cm³/mol. The zero-order chi connectivity index (χ0) is 6.85. The first-order chi connectivity index (χ1) is 4.18. The van der Waals surface area contributed by atoms with Crippen LogP contribution in [-0.2, 0) is 4.79 Å². The van der Waals surface area contributed by atoms with Crippen LogP contribution >= 0.6 is 0 Å². The van der Waals surface area contributed by atoms with Gasteiger partial charge in [-0.2, -0.15) is 0 Å². The van der Waals surface area contributed by atoms with Crippen molar-refractivity contribution in [1.29, 1.82) is 0 Å². The summed E-state index contributed by atoms with van der Waals surface area (Å²) in [6.07, 6.45) is 2.09. The lowest BCUT2D eigenvalue weighted by molar-refractivity contribution is -0.138. The molecular formula is C6H11NO2. The number of hydrogen-bond acceptors (Lipinski definition) is 2. The lowest BCUT2D eigenvalue weighted by atomic mass is 9.79. The van der Waals surface area contributed by atoms with Crippen LogP contribution in [0.1, 0.15) is 19.3 Å². The highest BCUT2D eigenvalue weighted by molar-refractivity contribution is 5.67. The molecule has 1 aliphatic rings. The predicted octanol–water partition coefficient (Wildman–Crippen LogP) is 0.198. The van der Waals surface area contributed by atoms with Crippen molar-refractivity contribution >= 4 is 5.97 Å². The van der Waals surface area contributed by atoms with Crippen LogP contribution in [0.3, 0.4) is 0 Å². The van der Waals surface area contributed by atoms with Crippen LogP contribution < -0.4 is 5.73 Å². The molecule has 3 N–H and O–H groups in total. The standard InChI is InChI=1S/C6H11NO2/c7-5-1-4(2-5)3-6(8)9/h4-5H,1-3,7H2,(H,8,9)/t4-,5-. The molecule has 0 saturated heterocycles. The minimum atomic E-state index is -0.702. The van der Waals surface area contributed by atoms with Crippen molar-refractivity contribution in [2.24, 2.45) is 11.7 Å². The van der Waals surface area contributed by atoms with Gasteiger partial charge in [0.15, 0.2) is 0 Å². The van der Waals surface area contributed by atoms with Gasteiger partial charge in [-0.1, -0.05) is 0 Å². The molecule has 0 aromatic carbocycles. The first-order valence-electron chi connectivity index (χ1n) is 3.16. The molecule has 1 fully saturated rings. The summed E-state index contributed by atoms with van der Waals surface area (Å²) >= 11 is 0. The number of carboxylic acid groups (broad SMARTS) is 1. The average molecular weight is 129 g/mol. The number of carboxylic acids is 1. The van der Waals surface area contributed by atoms with Crippen molar-refractivity contribution in [1.82, 2.24) is 0 Å². The van der Waals surface area contributed by atoms with Crippen LogP contribution in [0.2, 0.25) is 0 Å². The monoisotopic (exact) mass is 129 g/mol. The van der Waals surface area contributed by atoms with Gasteiger partial charge in [0.2, 0.25) is 0 Å². The number of aliphatic carboxylic acids is 1. The maximum atomic E-state index is 10.1. The first kappa shape index (κ1) is 6.55. The molecule has 0 aromatic heterocycles. The smallest absolute Gasteiger partial charge is 0.303 e. The number of nitrogens with two attached hydrogens (primary N) is 1. The van der Waals surface area contributed by atoms with Gasteiger partial charge >= 0.3 is 5.97 Å². The summed E-state index contributed by atoms with van der Waals surface area (Å²) in [4.78, 5) is 10.1. The summed E-state index contributed by atoms with van der Waals surface area (Å²) in [5.41, 5.74) is 5.45. The van der Waals surface area contributed by atoms with E-state index >= 15 is 0 Å². The first-order valence-corrected chi connectivity index (χ1v) is 3.16. The third-order valence-corrected chi connectivity index (χ3v) is 1.74. The molecule has 0 heterocycles. The summed E-state index contributed by atoms with van der Waals surface area (Å²) in [6, 6.07) is 0.273. The van der Waals surface area contributed by atoms with E-state index in [1.807, 2.05) is 0 Å². The lowest BCUT2D eigenvalue weighted by Gasteiger charge is -2.30. The molecule has 0 aromatic rings. The number of rotatable bonds is 2. The Bertz CT molecular complexity index is 118. The molecule has 1 saturated carbocycles. The second kappa shape index (κ2) is 2.35. The Kier molecular flexibility index (Phi) is 1.71. The highest BCUT2D eigenvalue weighted by Gasteiger charge is 2.27. The zero-order valence-electron chi connectivity index (χ0n) is 5.21. The summed E-state index contributed by atoms with van der Waals surface area (Å²) in [6.45, 7) is 0. The molecule has 3 nitrogen and oxygen atoms in total. The summed E-state index contributed by atoms with van der Waals surface area (Å²) in [7, 11) is 0. The van der Waals surface area contributed by atoms with Gasteiger partial charge in [0.25, 0.3) is 0 Å². The summed E-state index contributed by atoms with van der Waals surface area (Å²) in [5.74, 6) is -0.343. The average Bonchev–Trinajstić information content (AvgIpc) is 1.60. The third kappa shape index (κ3) is 1.68. The maximum absolute atomic E-state index is 10.1. The summed E-state index contributed by atoms with van der Waals surface area (Å²) < 4.78 is 0. The molecule has 0 aliphatic heterocycles. The van der Waals surface area contributed by atoms with Crippen LogP contribution in [0.4, 0.5) is 0 Å². The molecule has 0 amide bonds. The van der Waals surface area contributed by atoms with Gasteiger partial charge in [0.05, 0.1) is 0 Å². The SMILES string of the molecule is N[C@H]1C[C@H](CC(=O)O)C1. The van der Waals surface area contributed by atoms with E-state index in [0.29, 0.717) is 12.3 Å². The molecule has 1 aliphatic carbocycles. The highest BCUT2D eigenvalue weighted by atomic mass is 16.4. The van der Waals surface area contributed by atoms with Gasteiger partial charge < -0.3 is 10.8 Å². The second-order valence-corrected chi connectivity index (χ2v) is 2.70. The number of hydrogen-bond donors (Lipinski definition) is 2. The van der Waals surface area contributed by atoms with Gasteiger partial charge in [0, 0.05) is 12.5 Å². The van der Waals surface area contributed by atoms with Gasteiger partial charge in [-0.3, -0.25) is 4.79 Å². The molecule has 0 unspecified atom stereocenters. The van der Waals surface area contributed by atoms with E-state index < -0.39 is 5.97 Å². The van der Waals surface area contributed by atoms with Crippen molar-refractivity contribution in [3.05, 3.63) is 0 Å². The topological polar surface area (TPSA) is 63.3 Å². The molecular weight excluding hydrogens is 118 g/mol. The fourth-order valence-corrected chi connectivity index (χ4v) is 1.20. The summed E-state index contributed by atoms with van der Waals surface area (Å²) in [5, 5.41) is 8.29. The molecule has 52 valence electrons. The van der Waals surface area contributed by atoms with E-state index in [2.05, 4.69) is 0 Å². The van der Waals surface area contributed by atoms with Gasteiger partial charge in [0.1, 0.15) is 0 Å². The Labute approximate surface area is 53.9 Å². The molecule has 0 atom stereocenters. The molecule has 3 heteroatoms. The van der Waals surface area contributed by atoms with Crippen molar-refractivity contribution in [2.75, 3.05) is 0 Å². The van der Waals surface area contributed by atoms with E-state index in [9.17, 15) is 4.79 Å². The van der Waals surface area contributed by atoms with Crippen molar-refractivity contribution in [3.63, 3.8) is 0 Å². The third-order valence-electron chi connectivity index (χ3n) is 1.74. The largest absolute Gasteiger partial charge is 0.481 e. The second-order valence-electron chi connectivity index (χ2n) is 2.70. The van der Waals surface area contributed by atoms with E-state index in [4.69, 9.17) is 10.8 Å². The quantitative estimate of drug-likeness (QED) is 0.559. The highest BCUT2D eigenvalue weighted by Crippen LogP contribution is 2.28. The lowest BCUT2D eigenvalue weighted by Crippen LogP contribution is -2.37. The Morgan fingerprint density at radius 1 is 1.67 bits per heavy atom. The molecule has 0 spiro atoms. The normalized spacial score (nSPS) is 33.4. The Balaban J connectivity index is 2.11. The van der Waals surface area contributed by atoms with Crippen LogP contribution in [0.5, 0.6) is 0 Å². The van der Waals surface area contributed by atoms with E-state index in [0.717, 1.165) is 12.8 Å². The van der Waals surface area contributed by atoms with Gasteiger partial charge in [-0.25, -0.2) is 0 Å². The molecule has 9 heavy (non-hydrogen) atoms. The zero-order valence-corrected chi connectivity index (χ0v) is 5.21. The minimum absolute atomic E-state index is 0.273. The fraction of sp³-hybridized carbons (Fsp3) is 0.833. The fourth-order valence-electron chi connectivity index (χ4n) is 1.20. The minimum Gasteiger partial charge on any atom is -0.481 e. The van der Waals surface area contributed by atoms with E-state index in [1.54, 1.807) is 0 Å². The van der Waals surface area contributed by atoms with Crippen LogP contribution in [0, 0.1) is 5.92 Å². The van der Waals surface area contributed by atoms with Gasteiger partial charge in [-0.05, 0) is 18.8 Å². The van der Waals surface area contributed by atoms with Gasteiger partial charge in [-0.15, -0.1) is 0 Å². The maximum Gasteiger partial charge on any atom is 0.303 e. The van der Waals surface area contributed by atoms with Crippen molar-refractivity contribution < 1.29 is 9.90 Å². The van der Waals surface area contributed by atoms with Crippen molar-refractivity contribution in [3.8, 4) is 0 Å². The van der Waals surface area contributed by atoms with Crippen LogP contribution in [-0.4, -0.2) is 17.1 Å². The molecule has 0 radical (unpaired) electrons. The van der Waals surface area contributed by atoms with E-state index in [-0.39, 0.29) is 6.04 Å². The molecule has 1 rings (SSSR count). The Morgan fingerprint density at radius 2 is 2.22 bits per heavy atom. The Hall–Kier alpha value is -0.570. The van der Waals surface area contributed by atoms with Crippen LogP contribution in [0.25, 0.3) is 0 Å². The van der Waals surface area contributed by atoms with Crippen molar-refractivity contribution in [2.45, 2.75) is 25.3 Å². The number of carbonyl (C=O) groups is 1. The molecule has 0 bridgehead atoms.